The van der Waals surface area contributed by atoms with Gasteiger partial charge >= 0.3 is 5.97 Å². The summed E-state index contributed by atoms with van der Waals surface area (Å²) in [6.07, 6.45) is 0.788. The van der Waals surface area contributed by atoms with Crippen LogP contribution in [0.15, 0.2) is 30.3 Å². The van der Waals surface area contributed by atoms with Gasteiger partial charge in [-0.05, 0) is 50.1 Å². The first-order valence-corrected chi connectivity index (χ1v) is 10.8. The number of hydrogen-bond donors (Lipinski definition) is 0. The van der Waals surface area contributed by atoms with Gasteiger partial charge in [-0.1, -0.05) is 29.3 Å². The summed E-state index contributed by atoms with van der Waals surface area (Å²) in [7, 11) is 3.21. The van der Waals surface area contributed by atoms with Gasteiger partial charge < -0.3 is 18.8 Å². The highest BCUT2D eigenvalue weighted by molar-refractivity contribution is 6.39. The topological polar surface area (TPSA) is 49.7 Å². The molecule has 1 aliphatic rings. The lowest BCUT2D eigenvalue weighted by molar-refractivity contribution is 0.0528. The van der Waals surface area contributed by atoms with E-state index in [9.17, 15) is 4.79 Å². The lowest BCUT2D eigenvalue weighted by Crippen LogP contribution is -2.15. The number of aromatic nitrogens is 1. The van der Waals surface area contributed by atoms with Gasteiger partial charge in [-0.15, -0.1) is 0 Å². The van der Waals surface area contributed by atoms with Gasteiger partial charge in [0.2, 0.25) is 0 Å². The number of hydrogen-bond acceptors (Lipinski definition) is 4. The molecule has 31 heavy (non-hydrogen) atoms. The number of methoxy groups -OCH3 is 2. The Labute approximate surface area is 191 Å². The molecule has 1 aliphatic heterocycles. The third-order valence-corrected chi connectivity index (χ3v) is 6.31. The van der Waals surface area contributed by atoms with Gasteiger partial charge in [-0.25, -0.2) is 4.79 Å². The molecule has 0 saturated carbocycles. The van der Waals surface area contributed by atoms with E-state index in [0.717, 1.165) is 28.9 Å². The minimum absolute atomic E-state index is 0.261. The van der Waals surface area contributed by atoms with Crippen molar-refractivity contribution in [1.29, 1.82) is 0 Å². The molecule has 0 bridgehead atoms. The first-order chi connectivity index (χ1) is 14.9. The van der Waals surface area contributed by atoms with Crippen LogP contribution < -0.4 is 9.47 Å². The van der Waals surface area contributed by atoms with E-state index in [2.05, 4.69) is 4.57 Å². The SMILES string of the molecule is CCOC(=O)c1c(-c2c(Cl)cccc2Cl)c(C)n2c1-c1cc(OC)c(OC)cc1CC2. The van der Waals surface area contributed by atoms with Crippen molar-refractivity contribution in [1.82, 2.24) is 4.57 Å². The molecule has 0 radical (unpaired) electrons. The number of esters is 1. The van der Waals surface area contributed by atoms with E-state index in [1.54, 1.807) is 39.3 Å². The number of carbonyl (C=O) groups is 1. The van der Waals surface area contributed by atoms with Crippen LogP contribution in [0.25, 0.3) is 22.4 Å². The smallest absolute Gasteiger partial charge is 0.340 e. The molecule has 4 rings (SSSR count). The standard InChI is InChI=1S/C24H23Cl2NO4/c1-5-31-24(28)22-20(21-16(25)7-6-8-17(21)26)13(2)27-10-9-14-11-18(29-3)19(30-4)12-15(14)23(22)27/h6-8,11-12H,5,9-10H2,1-4H3. The number of rotatable bonds is 5. The fraction of sp³-hybridized carbons (Fsp3) is 0.292. The van der Waals surface area contributed by atoms with Crippen molar-refractivity contribution in [2.24, 2.45) is 0 Å². The average molecular weight is 460 g/mol. The maximum atomic E-state index is 13.3. The molecule has 3 aromatic rings. The minimum atomic E-state index is -0.409. The third-order valence-electron chi connectivity index (χ3n) is 5.68. The molecule has 0 saturated heterocycles. The summed E-state index contributed by atoms with van der Waals surface area (Å²) in [6, 6.07) is 9.22. The Bertz CT molecular complexity index is 1160. The van der Waals surface area contributed by atoms with Gasteiger partial charge in [-0.2, -0.15) is 0 Å². The van der Waals surface area contributed by atoms with E-state index < -0.39 is 5.97 Å². The summed E-state index contributed by atoms with van der Waals surface area (Å²) >= 11 is 13.1. The molecule has 0 atom stereocenters. The van der Waals surface area contributed by atoms with Gasteiger partial charge in [0.15, 0.2) is 11.5 Å². The van der Waals surface area contributed by atoms with Crippen molar-refractivity contribution < 1.29 is 19.0 Å². The number of nitrogens with zero attached hydrogens (tertiary/aromatic N) is 1. The molecular formula is C24H23Cl2NO4. The van der Waals surface area contributed by atoms with E-state index in [1.165, 1.54) is 0 Å². The van der Waals surface area contributed by atoms with Crippen LogP contribution in [-0.4, -0.2) is 31.4 Å². The van der Waals surface area contributed by atoms with Gasteiger partial charge in [-0.3, -0.25) is 0 Å². The summed E-state index contributed by atoms with van der Waals surface area (Å²) in [4.78, 5) is 13.3. The Morgan fingerprint density at radius 3 is 2.32 bits per heavy atom. The number of benzene rings is 2. The van der Waals surface area contributed by atoms with Crippen LogP contribution in [0, 0.1) is 6.92 Å². The zero-order chi connectivity index (χ0) is 22.3. The number of aryl methyl sites for hydroxylation is 1. The Balaban J connectivity index is 2.09. The zero-order valence-electron chi connectivity index (χ0n) is 17.8. The zero-order valence-corrected chi connectivity index (χ0v) is 19.4. The highest BCUT2D eigenvalue weighted by atomic mass is 35.5. The summed E-state index contributed by atoms with van der Waals surface area (Å²) in [6.45, 7) is 4.74. The Kier molecular flexibility index (Phi) is 5.91. The molecule has 2 heterocycles. The third kappa shape index (κ3) is 3.46. The molecule has 1 aromatic heterocycles. The van der Waals surface area contributed by atoms with E-state index >= 15 is 0 Å². The lowest BCUT2D eigenvalue weighted by Gasteiger charge is -2.23. The van der Waals surface area contributed by atoms with Crippen LogP contribution >= 0.6 is 23.2 Å². The van der Waals surface area contributed by atoms with Gasteiger partial charge in [0.05, 0.1) is 32.1 Å². The van der Waals surface area contributed by atoms with Gasteiger partial charge in [0.25, 0.3) is 0 Å². The molecule has 0 unspecified atom stereocenters. The van der Waals surface area contributed by atoms with E-state index in [0.29, 0.717) is 44.8 Å². The summed E-state index contributed by atoms with van der Waals surface area (Å²) < 4.78 is 18.6. The molecule has 0 amide bonds. The summed E-state index contributed by atoms with van der Waals surface area (Å²) in [5.74, 6) is 0.846. The summed E-state index contributed by atoms with van der Waals surface area (Å²) in [5.41, 5.74) is 5.47. The van der Waals surface area contributed by atoms with Crippen LogP contribution in [0.3, 0.4) is 0 Å². The van der Waals surface area contributed by atoms with E-state index in [4.69, 9.17) is 37.4 Å². The fourth-order valence-corrected chi connectivity index (χ4v) is 4.91. The molecule has 2 aromatic carbocycles. The monoisotopic (exact) mass is 459 g/mol. The molecule has 7 heteroatoms. The summed E-state index contributed by atoms with van der Waals surface area (Å²) in [5, 5.41) is 0.966. The highest BCUT2D eigenvalue weighted by Crippen LogP contribution is 2.47. The van der Waals surface area contributed by atoms with Crippen LogP contribution in [0.2, 0.25) is 10.0 Å². The maximum absolute atomic E-state index is 13.3. The van der Waals surface area contributed by atoms with Crippen molar-refractivity contribution >= 4 is 29.2 Å². The Morgan fingerprint density at radius 1 is 1.06 bits per heavy atom. The van der Waals surface area contributed by atoms with Crippen LogP contribution in [0.5, 0.6) is 11.5 Å². The van der Waals surface area contributed by atoms with E-state index in [-0.39, 0.29) is 6.61 Å². The van der Waals surface area contributed by atoms with Crippen LogP contribution in [-0.2, 0) is 17.7 Å². The second-order valence-corrected chi connectivity index (χ2v) is 8.08. The minimum Gasteiger partial charge on any atom is -0.493 e. The number of ether oxygens (including phenoxy) is 3. The molecule has 0 N–H and O–H groups in total. The van der Waals surface area contributed by atoms with E-state index in [1.807, 2.05) is 19.1 Å². The average Bonchev–Trinajstić information content (AvgIpc) is 3.05. The quantitative estimate of drug-likeness (QED) is 0.426. The van der Waals surface area contributed by atoms with Crippen LogP contribution in [0.4, 0.5) is 0 Å². The van der Waals surface area contributed by atoms with Gasteiger partial charge in [0, 0.05) is 39.0 Å². The van der Waals surface area contributed by atoms with Crippen molar-refractivity contribution in [2.75, 3.05) is 20.8 Å². The van der Waals surface area contributed by atoms with Crippen molar-refractivity contribution in [3.63, 3.8) is 0 Å². The highest BCUT2D eigenvalue weighted by Gasteiger charge is 2.33. The number of fused-ring (bicyclic) bond motifs is 3. The molecule has 162 valence electrons. The maximum Gasteiger partial charge on any atom is 0.340 e. The predicted molar refractivity (Wildman–Crippen MR) is 123 cm³/mol. The lowest BCUT2D eigenvalue weighted by atomic mass is 9.93. The second kappa shape index (κ2) is 8.48. The Hall–Kier alpha value is -2.63. The molecule has 0 fully saturated rings. The predicted octanol–water partition coefficient (Wildman–Crippen LogP) is 6.19. The first-order valence-electron chi connectivity index (χ1n) is 10.0. The Morgan fingerprint density at radius 2 is 1.71 bits per heavy atom. The van der Waals surface area contributed by atoms with Crippen molar-refractivity contribution in [2.45, 2.75) is 26.8 Å². The number of halogens is 2. The second-order valence-electron chi connectivity index (χ2n) is 7.27. The molecule has 0 spiro atoms. The molecule has 0 aliphatic carbocycles. The first kappa shape index (κ1) is 21.6. The van der Waals surface area contributed by atoms with Crippen molar-refractivity contribution in [3.8, 4) is 33.9 Å². The molecular weight excluding hydrogens is 437 g/mol. The molecule has 5 nitrogen and oxygen atoms in total. The fourth-order valence-electron chi connectivity index (χ4n) is 4.32. The largest absolute Gasteiger partial charge is 0.493 e. The van der Waals surface area contributed by atoms with Crippen molar-refractivity contribution in [3.05, 3.63) is 57.2 Å². The number of carbonyl (C=O) groups excluding carboxylic acids is 1. The van der Waals surface area contributed by atoms with Crippen LogP contribution in [0.1, 0.15) is 28.5 Å². The van der Waals surface area contributed by atoms with Gasteiger partial charge in [0.1, 0.15) is 0 Å². The normalized spacial score (nSPS) is 12.2.